The van der Waals surface area contributed by atoms with Gasteiger partial charge in [0.2, 0.25) is 0 Å². The van der Waals surface area contributed by atoms with Gasteiger partial charge in [0.1, 0.15) is 0 Å². The Morgan fingerprint density at radius 2 is 2.00 bits per heavy atom. The summed E-state index contributed by atoms with van der Waals surface area (Å²) in [6.45, 7) is 0.796. The summed E-state index contributed by atoms with van der Waals surface area (Å²) in [6.07, 6.45) is 0. The number of halogens is 1. The molecule has 0 aliphatic heterocycles. The van der Waals surface area contributed by atoms with Gasteiger partial charge in [0.25, 0.3) is 0 Å². The Hall–Kier alpha value is -1.31. The fourth-order valence-electron chi connectivity index (χ4n) is 1.30. The lowest BCUT2D eigenvalue weighted by Crippen LogP contribution is -1.97. The Morgan fingerprint density at radius 1 is 1.25 bits per heavy atom. The molecular formula is C12H9BrN2S. The first-order chi connectivity index (χ1) is 7.79. The average Bonchev–Trinajstić information content (AvgIpc) is 2.73. The van der Waals surface area contributed by atoms with E-state index >= 15 is 0 Å². The zero-order chi connectivity index (χ0) is 11.4. The van der Waals surface area contributed by atoms with Crippen molar-refractivity contribution in [1.29, 1.82) is 5.26 Å². The fourth-order valence-corrected chi connectivity index (χ4v) is 2.73. The lowest BCUT2D eigenvalue weighted by atomic mass is 10.2. The van der Waals surface area contributed by atoms with E-state index in [1.54, 1.807) is 11.3 Å². The molecule has 0 saturated carbocycles. The normalized spacial score (nSPS) is 9.75. The molecule has 0 spiro atoms. The van der Waals surface area contributed by atoms with Crippen LogP contribution in [0.3, 0.4) is 0 Å². The second kappa shape index (κ2) is 5.15. The van der Waals surface area contributed by atoms with Crippen LogP contribution >= 0.6 is 27.3 Å². The van der Waals surface area contributed by atoms with Crippen molar-refractivity contribution in [2.75, 3.05) is 5.32 Å². The largest absolute Gasteiger partial charge is 0.380 e. The molecule has 1 aromatic heterocycles. The van der Waals surface area contributed by atoms with Gasteiger partial charge in [-0.15, -0.1) is 11.3 Å². The summed E-state index contributed by atoms with van der Waals surface area (Å²) in [5, 5.41) is 14.0. The summed E-state index contributed by atoms with van der Waals surface area (Å²) in [6, 6.07) is 11.6. The number of nitrogens with one attached hydrogen (secondary N) is 1. The highest BCUT2D eigenvalue weighted by Gasteiger charge is 2.00. The van der Waals surface area contributed by atoms with Crippen molar-refractivity contribution < 1.29 is 0 Å². The van der Waals surface area contributed by atoms with Crippen LogP contribution in [0.2, 0.25) is 0 Å². The predicted octanol–water partition coefficient (Wildman–Crippen LogP) is 3.99. The van der Waals surface area contributed by atoms with Crippen LogP contribution in [-0.2, 0) is 6.54 Å². The Bertz CT molecular complexity index is 511. The second-order valence-electron chi connectivity index (χ2n) is 3.23. The van der Waals surface area contributed by atoms with E-state index in [0.29, 0.717) is 5.56 Å². The highest BCUT2D eigenvalue weighted by molar-refractivity contribution is 9.10. The Balaban J connectivity index is 2.00. The van der Waals surface area contributed by atoms with E-state index in [1.165, 1.54) is 4.88 Å². The van der Waals surface area contributed by atoms with Crippen LogP contribution in [0.5, 0.6) is 0 Å². The number of hydrogen-bond acceptors (Lipinski definition) is 3. The van der Waals surface area contributed by atoms with E-state index in [9.17, 15) is 0 Å². The summed E-state index contributed by atoms with van der Waals surface area (Å²) in [5.41, 5.74) is 1.71. The Morgan fingerprint density at radius 3 is 2.56 bits per heavy atom. The van der Waals surface area contributed by atoms with Crippen LogP contribution < -0.4 is 5.32 Å². The Labute approximate surface area is 107 Å². The summed E-state index contributed by atoms with van der Waals surface area (Å²) >= 11 is 5.20. The third kappa shape index (κ3) is 2.63. The SMILES string of the molecule is N#Cc1ccc(NCc2sccc2Br)cc1. The number of nitriles is 1. The molecule has 16 heavy (non-hydrogen) atoms. The number of hydrogen-bond donors (Lipinski definition) is 1. The molecule has 1 N–H and O–H groups in total. The molecule has 0 radical (unpaired) electrons. The molecule has 1 aromatic carbocycles. The monoisotopic (exact) mass is 292 g/mol. The molecule has 0 atom stereocenters. The van der Waals surface area contributed by atoms with Gasteiger partial charge in [-0.05, 0) is 51.6 Å². The minimum atomic E-state index is 0.683. The standard InChI is InChI=1S/C12H9BrN2S/c13-11-5-6-16-12(11)8-15-10-3-1-9(7-14)2-4-10/h1-6,15H,8H2. The number of rotatable bonds is 3. The molecule has 0 amide bonds. The predicted molar refractivity (Wildman–Crippen MR) is 70.5 cm³/mol. The summed E-state index contributed by atoms with van der Waals surface area (Å²) < 4.78 is 1.14. The molecule has 2 nitrogen and oxygen atoms in total. The zero-order valence-electron chi connectivity index (χ0n) is 8.40. The fraction of sp³-hybridized carbons (Fsp3) is 0.0833. The van der Waals surface area contributed by atoms with Crippen molar-refractivity contribution in [2.24, 2.45) is 0 Å². The lowest BCUT2D eigenvalue weighted by Gasteiger charge is -2.05. The van der Waals surface area contributed by atoms with Gasteiger partial charge < -0.3 is 5.32 Å². The van der Waals surface area contributed by atoms with Crippen molar-refractivity contribution in [3.05, 3.63) is 50.6 Å². The second-order valence-corrected chi connectivity index (χ2v) is 5.09. The van der Waals surface area contributed by atoms with Gasteiger partial charge in [-0.2, -0.15) is 5.26 Å². The number of anilines is 1. The van der Waals surface area contributed by atoms with Gasteiger partial charge in [0.15, 0.2) is 0 Å². The molecule has 80 valence electrons. The maximum absolute atomic E-state index is 8.67. The van der Waals surface area contributed by atoms with Gasteiger partial charge in [0, 0.05) is 15.0 Å². The first kappa shape index (κ1) is 11.2. The van der Waals surface area contributed by atoms with Crippen molar-refractivity contribution >= 4 is 33.0 Å². The van der Waals surface area contributed by atoms with Crippen LogP contribution in [0.1, 0.15) is 10.4 Å². The first-order valence-corrected chi connectivity index (χ1v) is 6.43. The lowest BCUT2D eigenvalue weighted by molar-refractivity contribution is 1.18. The molecule has 0 unspecified atom stereocenters. The third-order valence-corrected chi connectivity index (χ3v) is 4.08. The number of thiophene rings is 1. The van der Waals surface area contributed by atoms with Gasteiger partial charge >= 0.3 is 0 Å². The van der Waals surface area contributed by atoms with Crippen LogP contribution in [0, 0.1) is 11.3 Å². The summed E-state index contributed by atoms with van der Waals surface area (Å²) in [5.74, 6) is 0. The molecule has 2 rings (SSSR count). The van der Waals surface area contributed by atoms with Crippen molar-refractivity contribution in [3.8, 4) is 6.07 Å². The van der Waals surface area contributed by atoms with E-state index in [-0.39, 0.29) is 0 Å². The molecule has 0 fully saturated rings. The first-order valence-electron chi connectivity index (χ1n) is 4.75. The van der Waals surface area contributed by atoms with Gasteiger partial charge in [-0.3, -0.25) is 0 Å². The maximum atomic E-state index is 8.67. The number of benzene rings is 1. The van der Waals surface area contributed by atoms with Crippen LogP contribution in [0.15, 0.2) is 40.2 Å². The van der Waals surface area contributed by atoms with E-state index < -0.39 is 0 Å². The zero-order valence-corrected chi connectivity index (χ0v) is 10.8. The van der Waals surface area contributed by atoms with Crippen LogP contribution in [0.25, 0.3) is 0 Å². The summed E-state index contributed by atoms with van der Waals surface area (Å²) in [4.78, 5) is 1.27. The van der Waals surface area contributed by atoms with Gasteiger partial charge in [-0.1, -0.05) is 0 Å². The molecule has 0 saturated heterocycles. The summed E-state index contributed by atoms with van der Waals surface area (Å²) in [7, 11) is 0. The highest BCUT2D eigenvalue weighted by atomic mass is 79.9. The minimum Gasteiger partial charge on any atom is -0.380 e. The van der Waals surface area contributed by atoms with Crippen LogP contribution in [0.4, 0.5) is 5.69 Å². The van der Waals surface area contributed by atoms with Gasteiger partial charge in [-0.25, -0.2) is 0 Å². The quantitative estimate of drug-likeness (QED) is 0.928. The average molecular weight is 293 g/mol. The Kier molecular flexibility index (Phi) is 3.60. The van der Waals surface area contributed by atoms with Crippen LogP contribution in [-0.4, -0.2) is 0 Å². The van der Waals surface area contributed by atoms with Gasteiger partial charge in [0.05, 0.1) is 18.2 Å². The van der Waals surface area contributed by atoms with Crippen molar-refractivity contribution in [2.45, 2.75) is 6.54 Å². The van der Waals surface area contributed by atoms with E-state index in [2.05, 4.69) is 32.7 Å². The molecule has 1 heterocycles. The molecule has 0 aliphatic rings. The molecular weight excluding hydrogens is 284 g/mol. The smallest absolute Gasteiger partial charge is 0.0991 e. The third-order valence-electron chi connectivity index (χ3n) is 2.16. The minimum absolute atomic E-state index is 0.683. The molecule has 2 aromatic rings. The topological polar surface area (TPSA) is 35.8 Å². The molecule has 4 heteroatoms. The van der Waals surface area contributed by atoms with Crippen molar-refractivity contribution in [1.82, 2.24) is 0 Å². The molecule has 0 bridgehead atoms. The van der Waals surface area contributed by atoms with E-state index in [4.69, 9.17) is 5.26 Å². The van der Waals surface area contributed by atoms with E-state index in [0.717, 1.165) is 16.7 Å². The maximum Gasteiger partial charge on any atom is 0.0991 e. The number of nitrogens with zero attached hydrogens (tertiary/aromatic N) is 1. The molecule has 0 aliphatic carbocycles. The highest BCUT2D eigenvalue weighted by Crippen LogP contribution is 2.23. The van der Waals surface area contributed by atoms with Crippen molar-refractivity contribution in [3.63, 3.8) is 0 Å². The van der Waals surface area contributed by atoms with E-state index in [1.807, 2.05) is 30.3 Å².